The van der Waals surface area contributed by atoms with Crippen LogP contribution in [0.4, 0.5) is 11.4 Å². The van der Waals surface area contributed by atoms with Gasteiger partial charge in [-0.05, 0) is 72.8 Å². The molecule has 4 aromatic carbocycles. The zero-order valence-electron chi connectivity index (χ0n) is 18.9. The van der Waals surface area contributed by atoms with E-state index >= 15 is 0 Å². The molecule has 0 aromatic heterocycles. The molecular formula is C26H20Cl2N2O5S. The molecule has 0 saturated heterocycles. The van der Waals surface area contributed by atoms with Crippen molar-refractivity contribution in [3.05, 3.63) is 107 Å². The summed E-state index contributed by atoms with van der Waals surface area (Å²) in [5.74, 6) is 0.944. The van der Waals surface area contributed by atoms with Gasteiger partial charge in [0.2, 0.25) is 0 Å². The van der Waals surface area contributed by atoms with E-state index in [1.54, 1.807) is 24.3 Å². The Bertz CT molecular complexity index is 1500. The van der Waals surface area contributed by atoms with Crippen LogP contribution < -0.4 is 19.5 Å². The van der Waals surface area contributed by atoms with Crippen LogP contribution >= 0.6 is 23.2 Å². The number of anilines is 2. The molecule has 0 heterocycles. The second kappa shape index (κ2) is 10.9. The minimum absolute atomic E-state index is 0.0783. The number of hydrogen-bond donors (Lipinski definition) is 2. The van der Waals surface area contributed by atoms with Crippen molar-refractivity contribution in [3.63, 3.8) is 0 Å². The average Bonchev–Trinajstić information content (AvgIpc) is 2.85. The van der Waals surface area contributed by atoms with E-state index in [-0.39, 0.29) is 26.9 Å². The van der Waals surface area contributed by atoms with Crippen LogP contribution in [0.25, 0.3) is 0 Å². The van der Waals surface area contributed by atoms with Gasteiger partial charge in [-0.2, -0.15) is 0 Å². The summed E-state index contributed by atoms with van der Waals surface area (Å²) < 4.78 is 39.6. The van der Waals surface area contributed by atoms with E-state index in [2.05, 4.69) is 10.0 Å². The van der Waals surface area contributed by atoms with Crippen molar-refractivity contribution in [1.29, 1.82) is 0 Å². The van der Waals surface area contributed by atoms with Crippen LogP contribution in [0.3, 0.4) is 0 Å². The highest BCUT2D eigenvalue weighted by Gasteiger charge is 2.19. The predicted octanol–water partition coefficient (Wildman–Crippen LogP) is 6.85. The lowest BCUT2D eigenvalue weighted by atomic mass is 10.2. The maximum atomic E-state index is 13.0. The molecule has 0 aliphatic carbocycles. The van der Waals surface area contributed by atoms with Gasteiger partial charge in [0, 0.05) is 10.7 Å². The van der Waals surface area contributed by atoms with E-state index < -0.39 is 15.9 Å². The Morgan fingerprint density at radius 2 is 1.53 bits per heavy atom. The maximum Gasteiger partial charge on any atom is 0.261 e. The minimum Gasteiger partial charge on any atom is -0.495 e. The lowest BCUT2D eigenvalue weighted by molar-refractivity contribution is 0.102. The van der Waals surface area contributed by atoms with E-state index in [0.29, 0.717) is 22.2 Å². The number of ether oxygens (including phenoxy) is 2. The summed E-state index contributed by atoms with van der Waals surface area (Å²) >= 11 is 12.0. The van der Waals surface area contributed by atoms with E-state index in [4.69, 9.17) is 32.7 Å². The summed E-state index contributed by atoms with van der Waals surface area (Å²) in [5, 5.41) is 3.18. The number of hydrogen-bond acceptors (Lipinski definition) is 5. The van der Waals surface area contributed by atoms with Gasteiger partial charge in [-0.3, -0.25) is 9.52 Å². The molecule has 184 valence electrons. The van der Waals surface area contributed by atoms with Crippen molar-refractivity contribution in [2.45, 2.75) is 4.90 Å². The summed E-state index contributed by atoms with van der Waals surface area (Å²) in [4.78, 5) is 12.7. The van der Waals surface area contributed by atoms with Gasteiger partial charge < -0.3 is 14.8 Å². The maximum absolute atomic E-state index is 13.0. The molecule has 0 unspecified atom stereocenters. The zero-order valence-corrected chi connectivity index (χ0v) is 21.2. The third-order valence-corrected chi connectivity index (χ3v) is 6.92. The molecule has 4 rings (SSSR count). The quantitative estimate of drug-likeness (QED) is 0.254. The van der Waals surface area contributed by atoms with Crippen LogP contribution in [0.1, 0.15) is 10.4 Å². The van der Waals surface area contributed by atoms with Gasteiger partial charge in [0.1, 0.15) is 17.2 Å². The number of amides is 1. The van der Waals surface area contributed by atoms with Gasteiger partial charge in [-0.1, -0.05) is 41.4 Å². The highest BCUT2D eigenvalue weighted by Crippen LogP contribution is 2.31. The number of methoxy groups -OCH3 is 1. The molecule has 4 aromatic rings. The highest BCUT2D eigenvalue weighted by molar-refractivity contribution is 7.92. The average molecular weight is 543 g/mol. The fraction of sp³-hybridized carbons (Fsp3) is 0.0385. The zero-order chi connectivity index (χ0) is 25.7. The molecule has 0 spiro atoms. The normalized spacial score (nSPS) is 11.0. The third-order valence-electron chi connectivity index (χ3n) is 4.99. The summed E-state index contributed by atoms with van der Waals surface area (Å²) in [5.41, 5.74) is 0.667. The van der Waals surface area contributed by atoms with Gasteiger partial charge in [-0.25, -0.2) is 8.42 Å². The number of carbonyl (C=O) groups is 1. The van der Waals surface area contributed by atoms with E-state index in [1.807, 2.05) is 30.3 Å². The van der Waals surface area contributed by atoms with E-state index in [9.17, 15) is 13.2 Å². The number of benzene rings is 4. The first-order valence-corrected chi connectivity index (χ1v) is 12.8. The predicted molar refractivity (Wildman–Crippen MR) is 141 cm³/mol. The fourth-order valence-electron chi connectivity index (χ4n) is 3.24. The Balaban J connectivity index is 1.53. The molecule has 0 atom stereocenters. The molecule has 0 saturated carbocycles. The smallest absolute Gasteiger partial charge is 0.261 e. The first kappa shape index (κ1) is 25.4. The second-order valence-corrected chi connectivity index (χ2v) is 10.0. The lowest BCUT2D eigenvalue weighted by Crippen LogP contribution is -2.16. The van der Waals surface area contributed by atoms with Crippen LogP contribution in [0.2, 0.25) is 10.0 Å². The standard InChI is InChI=1S/C26H20Cl2N2O5S/c1-34-25-14-12-21(16-24(25)29-26(31)22-13-7-17(27)15-23(22)28)36(32,33)30-18-8-10-20(11-9-18)35-19-5-3-2-4-6-19/h2-16,30H,1H3,(H,29,31). The molecule has 0 fully saturated rings. The third kappa shape index (κ3) is 6.09. The number of nitrogens with one attached hydrogen (secondary N) is 2. The summed E-state index contributed by atoms with van der Waals surface area (Å²) in [6.07, 6.45) is 0. The number of para-hydroxylation sites is 1. The first-order valence-electron chi connectivity index (χ1n) is 10.6. The van der Waals surface area contributed by atoms with Crippen LogP contribution in [0.15, 0.2) is 95.9 Å². The molecule has 7 nitrogen and oxygen atoms in total. The van der Waals surface area contributed by atoms with Crippen molar-refractivity contribution in [2.24, 2.45) is 0 Å². The molecule has 2 N–H and O–H groups in total. The summed E-state index contributed by atoms with van der Waals surface area (Å²) in [6.45, 7) is 0. The van der Waals surface area contributed by atoms with Crippen molar-refractivity contribution in [1.82, 2.24) is 0 Å². The van der Waals surface area contributed by atoms with Crippen LogP contribution in [-0.4, -0.2) is 21.4 Å². The topological polar surface area (TPSA) is 93.7 Å². The molecule has 0 aliphatic heterocycles. The van der Waals surface area contributed by atoms with Gasteiger partial charge >= 0.3 is 0 Å². The van der Waals surface area contributed by atoms with Gasteiger partial charge in [0.15, 0.2) is 0 Å². The molecule has 0 aliphatic rings. The largest absolute Gasteiger partial charge is 0.495 e. The van der Waals surface area contributed by atoms with E-state index in [0.717, 1.165) is 0 Å². The molecule has 36 heavy (non-hydrogen) atoms. The number of halogens is 2. The summed E-state index contributed by atoms with van der Waals surface area (Å²) in [7, 11) is -2.58. The van der Waals surface area contributed by atoms with Crippen LogP contribution in [0.5, 0.6) is 17.2 Å². The number of rotatable bonds is 8. The SMILES string of the molecule is COc1ccc(S(=O)(=O)Nc2ccc(Oc3ccccc3)cc2)cc1NC(=O)c1ccc(Cl)cc1Cl. The monoisotopic (exact) mass is 542 g/mol. The minimum atomic E-state index is -3.99. The van der Waals surface area contributed by atoms with E-state index in [1.165, 1.54) is 43.5 Å². The highest BCUT2D eigenvalue weighted by atomic mass is 35.5. The van der Waals surface area contributed by atoms with Gasteiger partial charge in [0.25, 0.3) is 15.9 Å². The van der Waals surface area contributed by atoms with Crippen molar-refractivity contribution in [2.75, 3.05) is 17.1 Å². The lowest BCUT2D eigenvalue weighted by Gasteiger charge is -2.14. The van der Waals surface area contributed by atoms with Gasteiger partial charge in [-0.15, -0.1) is 0 Å². The number of sulfonamides is 1. The Morgan fingerprint density at radius 1 is 0.833 bits per heavy atom. The fourth-order valence-corrected chi connectivity index (χ4v) is 4.82. The van der Waals surface area contributed by atoms with Crippen molar-refractivity contribution >= 4 is 50.5 Å². The van der Waals surface area contributed by atoms with Gasteiger partial charge in [0.05, 0.1) is 28.3 Å². The second-order valence-electron chi connectivity index (χ2n) is 7.49. The summed E-state index contributed by atoms with van der Waals surface area (Å²) in [6, 6.07) is 24.3. The molecular weight excluding hydrogens is 523 g/mol. The molecule has 10 heteroatoms. The Morgan fingerprint density at radius 3 is 2.19 bits per heavy atom. The van der Waals surface area contributed by atoms with Crippen LogP contribution in [0, 0.1) is 0 Å². The molecule has 1 amide bonds. The molecule has 0 radical (unpaired) electrons. The van der Waals surface area contributed by atoms with Crippen molar-refractivity contribution < 1.29 is 22.7 Å². The Kier molecular flexibility index (Phi) is 7.69. The Labute approximate surface area is 218 Å². The number of carbonyl (C=O) groups excluding carboxylic acids is 1. The van der Waals surface area contributed by atoms with Crippen LogP contribution in [-0.2, 0) is 10.0 Å². The van der Waals surface area contributed by atoms with Crippen molar-refractivity contribution in [3.8, 4) is 17.2 Å². The molecule has 0 bridgehead atoms. The first-order chi connectivity index (χ1) is 17.2. The Hall–Kier alpha value is -3.72.